The molecule has 2 fully saturated rings. The molecule has 0 spiro atoms. The van der Waals surface area contributed by atoms with Crippen molar-refractivity contribution >= 4 is 0 Å². The van der Waals surface area contributed by atoms with Gasteiger partial charge in [-0.05, 0) is 31.6 Å². The fraction of sp³-hybridized carbons (Fsp3) is 1.00. The number of hydrogen-bond acceptors (Lipinski definition) is 3. The van der Waals surface area contributed by atoms with Crippen molar-refractivity contribution in [1.29, 1.82) is 0 Å². The van der Waals surface area contributed by atoms with Crippen LogP contribution in [-0.2, 0) is 4.74 Å². The van der Waals surface area contributed by atoms with E-state index in [-0.39, 0.29) is 0 Å². The van der Waals surface area contributed by atoms with E-state index in [0.29, 0.717) is 12.1 Å². The number of nitrogens with one attached hydrogen (secondary N) is 1. The van der Waals surface area contributed by atoms with Gasteiger partial charge in [-0.3, -0.25) is 4.90 Å². The second kappa shape index (κ2) is 8.35. The van der Waals surface area contributed by atoms with Crippen molar-refractivity contribution in [3.8, 4) is 0 Å². The van der Waals surface area contributed by atoms with Crippen molar-refractivity contribution in [2.24, 2.45) is 11.8 Å². The van der Waals surface area contributed by atoms with E-state index in [9.17, 15) is 0 Å². The van der Waals surface area contributed by atoms with Crippen LogP contribution >= 0.6 is 0 Å². The van der Waals surface area contributed by atoms with Gasteiger partial charge in [0.05, 0.1) is 6.61 Å². The first-order chi connectivity index (χ1) is 9.72. The Morgan fingerprint density at radius 2 is 1.95 bits per heavy atom. The number of nitrogens with zero attached hydrogens (tertiary/aromatic N) is 1. The van der Waals surface area contributed by atoms with Crippen LogP contribution in [0.4, 0.5) is 0 Å². The molecule has 1 saturated heterocycles. The van der Waals surface area contributed by atoms with Crippen LogP contribution in [0.15, 0.2) is 0 Å². The van der Waals surface area contributed by atoms with Gasteiger partial charge in [-0.2, -0.15) is 0 Å². The maximum atomic E-state index is 5.58. The summed E-state index contributed by atoms with van der Waals surface area (Å²) in [5, 5.41) is 3.86. The Hall–Kier alpha value is -0.120. The van der Waals surface area contributed by atoms with Crippen LogP contribution < -0.4 is 5.32 Å². The zero-order valence-electron chi connectivity index (χ0n) is 13.7. The molecule has 0 bridgehead atoms. The maximum absolute atomic E-state index is 5.58. The molecule has 3 nitrogen and oxygen atoms in total. The smallest absolute Gasteiger partial charge is 0.0593 e. The molecule has 0 aromatic rings. The Kier molecular flexibility index (Phi) is 6.79. The minimum Gasteiger partial charge on any atom is -0.380 e. The van der Waals surface area contributed by atoms with Crippen molar-refractivity contribution in [2.45, 2.75) is 65.0 Å². The van der Waals surface area contributed by atoms with Crippen LogP contribution in [0.1, 0.15) is 52.9 Å². The highest BCUT2D eigenvalue weighted by Crippen LogP contribution is 2.29. The normalized spacial score (nSPS) is 30.0. The fourth-order valence-electron chi connectivity index (χ4n) is 3.95. The molecule has 118 valence electrons. The van der Waals surface area contributed by atoms with Gasteiger partial charge in [-0.15, -0.1) is 0 Å². The average molecular weight is 282 g/mol. The van der Waals surface area contributed by atoms with Crippen LogP contribution in [0.2, 0.25) is 0 Å². The minimum atomic E-state index is 0.676. The van der Waals surface area contributed by atoms with Crippen molar-refractivity contribution in [2.75, 3.05) is 32.8 Å². The summed E-state index contributed by atoms with van der Waals surface area (Å²) in [4.78, 5) is 2.69. The SMILES string of the molecule is CCOCCN1CC(C2CCCCC2)NCC1C(C)C. The Labute approximate surface area is 125 Å². The molecule has 3 heteroatoms. The quantitative estimate of drug-likeness (QED) is 0.758. The van der Waals surface area contributed by atoms with Crippen LogP contribution in [0.5, 0.6) is 0 Å². The molecule has 0 aromatic heterocycles. The van der Waals surface area contributed by atoms with Gasteiger partial charge in [0.2, 0.25) is 0 Å². The lowest BCUT2D eigenvalue weighted by Crippen LogP contribution is -2.60. The summed E-state index contributed by atoms with van der Waals surface area (Å²) in [5.41, 5.74) is 0. The lowest BCUT2D eigenvalue weighted by atomic mass is 9.82. The molecule has 0 aromatic carbocycles. The first kappa shape index (κ1) is 16.3. The van der Waals surface area contributed by atoms with Crippen LogP contribution in [0, 0.1) is 11.8 Å². The Bertz CT molecular complexity index is 264. The van der Waals surface area contributed by atoms with Gasteiger partial charge < -0.3 is 10.1 Å². The standard InChI is InChI=1S/C17H34N2O/c1-4-20-11-10-19-13-16(15-8-6-5-7-9-15)18-12-17(19)14(2)3/h14-18H,4-13H2,1-3H3. The molecule has 1 aliphatic carbocycles. The molecule has 20 heavy (non-hydrogen) atoms. The molecule has 2 aliphatic rings. The molecular weight excluding hydrogens is 248 g/mol. The van der Waals surface area contributed by atoms with E-state index < -0.39 is 0 Å². The maximum Gasteiger partial charge on any atom is 0.0593 e. The van der Waals surface area contributed by atoms with Crippen LogP contribution in [0.3, 0.4) is 0 Å². The van der Waals surface area contributed by atoms with E-state index in [0.717, 1.165) is 38.1 Å². The molecule has 2 unspecified atom stereocenters. The topological polar surface area (TPSA) is 24.5 Å². The van der Waals surface area contributed by atoms with Crippen molar-refractivity contribution in [3.63, 3.8) is 0 Å². The second-order valence-corrected chi connectivity index (χ2v) is 6.92. The van der Waals surface area contributed by atoms with E-state index >= 15 is 0 Å². The first-order valence-electron chi connectivity index (χ1n) is 8.77. The summed E-state index contributed by atoms with van der Waals surface area (Å²) < 4.78 is 5.58. The Morgan fingerprint density at radius 3 is 2.60 bits per heavy atom. The summed E-state index contributed by atoms with van der Waals surface area (Å²) in [6, 6.07) is 1.39. The Morgan fingerprint density at radius 1 is 1.20 bits per heavy atom. The monoisotopic (exact) mass is 282 g/mol. The predicted molar refractivity (Wildman–Crippen MR) is 85.1 cm³/mol. The summed E-state index contributed by atoms with van der Waals surface area (Å²) in [5.74, 6) is 1.63. The number of piperazine rings is 1. The summed E-state index contributed by atoms with van der Waals surface area (Å²) in [7, 11) is 0. The van der Waals surface area contributed by atoms with Gasteiger partial charge in [0.1, 0.15) is 0 Å². The third kappa shape index (κ3) is 4.44. The lowest BCUT2D eigenvalue weighted by molar-refractivity contribution is 0.0399. The van der Waals surface area contributed by atoms with E-state index in [4.69, 9.17) is 4.74 Å². The van der Waals surface area contributed by atoms with Crippen molar-refractivity contribution in [1.82, 2.24) is 10.2 Å². The first-order valence-corrected chi connectivity index (χ1v) is 8.77. The molecule has 2 rings (SSSR count). The lowest BCUT2D eigenvalue weighted by Gasteiger charge is -2.45. The zero-order valence-corrected chi connectivity index (χ0v) is 13.7. The van der Waals surface area contributed by atoms with Gasteiger partial charge in [0.15, 0.2) is 0 Å². The average Bonchev–Trinajstić information content (AvgIpc) is 2.48. The largest absolute Gasteiger partial charge is 0.380 e. The Balaban J connectivity index is 1.88. The third-order valence-electron chi connectivity index (χ3n) is 5.20. The van der Waals surface area contributed by atoms with Gasteiger partial charge in [-0.1, -0.05) is 33.1 Å². The van der Waals surface area contributed by atoms with Crippen molar-refractivity contribution < 1.29 is 4.74 Å². The highest BCUT2D eigenvalue weighted by Gasteiger charge is 2.33. The molecule has 1 saturated carbocycles. The number of hydrogen-bond donors (Lipinski definition) is 1. The molecule has 1 heterocycles. The van der Waals surface area contributed by atoms with Gasteiger partial charge in [0.25, 0.3) is 0 Å². The zero-order chi connectivity index (χ0) is 14.4. The minimum absolute atomic E-state index is 0.676. The van der Waals surface area contributed by atoms with E-state index in [2.05, 4.69) is 31.0 Å². The van der Waals surface area contributed by atoms with Crippen LogP contribution in [-0.4, -0.2) is 49.8 Å². The third-order valence-corrected chi connectivity index (χ3v) is 5.20. The number of ether oxygens (including phenoxy) is 1. The highest BCUT2D eigenvalue weighted by atomic mass is 16.5. The summed E-state index contributed by atoms with van der Waals surface area (Å²) in [6.07, 6.45) is 7.20. The molecule has 2 atom stereocenters. The molecule has 1 N–H and O–H groups in total. The molecule has 0 amide bonds. The van der Waals surface area contributed by atoms with E-state index in [1.807, 2.05) is 0 Å². The number of rotatable bonds is 6. The highest BCUT2D eigenvalue weighted by molar-refractivity contribution is 4.91. The molecule has 1 aliphatic heterocycles. The molecule has 0 radical (unpaired) electrons. The van der Waals surface area contributed by atoms with Crippen LogP contribution in [0.25, 0.3) is 0 Å². The van der Waals surface area contributed by atoms with E-state index in [1.54, 1.807) is 0 Å². The van der Waals surface area contributed by atoms with E-state index in [1.165, 1.54) is 38.6 Å². The summed E-state index contributed by atoms with van der Waals surface area (Å²) in [6.45, 7) is 12.0. The van der Waals surface area contributed by atoms with Crippen molar-refractivity contribution in [3.05, 3.63) is 0 Å². The second-order valence-electron chi connectivity index (χ2n) is 6.92. The predicted octanol–water partition coefficient (Wildman–Crippen LogP) is 2.90. The fourth-order valence-corrected chi connectivity index (χ4v) is 3.95. The summed E-state index contributed by atoms with van der Waals surface area (Å²) >= 11 is 0. The van der Waals surface area contributed by atoms with Gasteiger partial charge in [0, 0.05) is 38.3 Å². The molecular formula is C17H34N2O. The van der Waals surface area contributed by atoms with Gasteiger partial charge in [-0.25, -0.2) is 0 Å². The van der Waals surface area contributed by atoms with Gasteiger partial charge >= 0.3 is 0 Å².